The molecular formula is C12H13BrFN3. The van der Waals surface area contributed by atoms with Gasteiger partial charge in [0.05, 0.1) is 10.2 Å². The second-order valence-electron chi connectivity index (χ2n) is 4.02. The van der Waals surface area contributed by atoms with Crippen LogP contribution in [0.2, 0.25) is 0 Å². The van der Waals surface area contributed by atoms with Crippen molar-refractivity contribution in [2.75, 3.05) is 5.32 Å². The third kappa shape index (κ3) is 2.66. The summed E-state index contributed by atoms with van der Waals surface area (Å²) in [7, 11) is 0. The molecule has 90 valence electrons. The fourth-order valence-corrected chi connectivity index (χ4v) is 1.76. The molecule has 0 aliphatic carbocycles. The maximum Gasteiger partial charge on any atom is 0.207 e. The van der Waals surface area contributed by atoms with Crippen LogP contribution >= 0.6 is 15.9 Å². The van der Waals surface area contributed by atoms with E-state index >= 15 is 0 Å². The molecule has 0 aliphatic rings. The van der Waals surface area contributed by atoms with Crippen molar-refractivity contribution in [3.8, 4) is 5.69 Å². The minimum absolute atomic E-state index is 0.274. The zero-order valence-corrected chi connectivity index (χ0v) is 11.2. The van der Waals surface area contributed by atoms with E-state index in [1.807, 2.05) is 24.5 Å². The molecular weight excluding hydrogens is 285 g/mol. The van der Waals surface area contributed by atoms with Crippen LogP contribution in [0.3, 0.4) is 0 Å². The van der Waals surface area contributed by atoms with Crippen LogP contribution in [0.5, 0.6) is 0 Å². The van der Waals surface area contributed by atoms with Gasteiger partial charge >= 0.3 is 0 Å². The van der Waals surface area contributed by atoms with Crippen LogP contribution in [0.25, 0.3) is 5.69 Å². The summed E-state index contributed by atoms with van der Waals surface area (Å²) in [6.07, 6.45) is 3.48. The Bertz CT molecular complexity index is 522. The Morgan fingerprint density at radius 3 is 2.82 bits per heavy atom. The highest BCUT2D eigenvalue weighted by Crippen LogP contribution is 2.21. The van der Waals surface area contributed by atoms with Crippen molar-refractivity contribution in [2.45, 2.75) is 19.9 Å². The number of rotatable bonds is 3. The maximum absolute atomic E-state index is 13.5. The molecule has 1 heterocycles. The largest absolute Gasteiger partial charge is 0.353 e. The van der Waals surface area contributed by atoms with Crippen LogP contribution in [-0.2, 0) is 0 Å². The van der Waals surface area contributed by atoms with E-state index in [1.165, 1.54) is 6.07 Å². The lowest BCUT2D eigenvalue weighted by atomic mass is 10.3. The molecule has 2 aromatic rings. The van der Waals surface area contributed by atoms with Crippen LogP contribution < -0.4 is 5.32 Å². The molecule has 0 atom stereocenters. The Morgan fingerprint density at radius 2 is 2.18 bits per heavy atom. The van der Waals surface area contributed by atoms with Gasteiger partial charge in [-0.15, -0.1) is 0 Å². The molecule has 2 rings (SSSR count). The van der Waals surface area contributed by atoms with Gasteiger partial charge < -0.3 is 5.32 Å². The third-order valence-corrected chi connectivity index (χ3v) is 2.88. The van der Waals surface area contributed by atoms with Gasteiger partial charge in [0, 0.05) is 18.4 Å². The highest BCUT2D eigenvalue weighted by molar-refractivity contribution is 9.10. The zero-order valence-electron chi connectivity index (χ0n) is 9.61. The average molecular weight is 298 g/mol. The average Bonchev–Trinajstić information content (AvgIpc) is 2.69. The van der Waals surface area contributed by atoms with Crippen molar-refractivity contribution in [2.24, 2.45) is 0 Å². The van der Waals surface area contributed by atoms with Gasteiger partial charge in [0.15, 0.2) is 0 Å². The van der Waals surface area contributed by atoms with Crippen molar-refractivity contribution in [3.63, 3.8) is 0 Å². The summed E-state index contributed by atoms with van der Waals surface area (Å²) in [5.74, 6) is 0.424. The molecule has 3 nitrogen and oxygen atoms in total. The van der Waals surface area contributed by atoms with E-state index in [9.17, 15) is 4.39 Å². The van der Waals surface area contributed by atoms with E-state index in [4.69, 9.17) is 0 Å². The molecule has 17 heavy (non-hydrogen) atoms. The van der Waals surface area contributed by atoms with Crippen LogP contribution in [0.15, 0.2) is 35.1 Å². The Labute approximate surface area is 108 Å². The summed E-state index contributed by atoms with van der Waals surface area (Å²) in [4.78, 5) is 4.20. The summed E-state index contributed by atoms with van der Waals surface area (Å²) < 4.78 is 15.7. The molecule has 0 amide bonds. The Kier molecular flexibility index (Phi) is 3.47. The first-order valence-corrected chi connectivity index (χ1v) is 6.12. The zero-order chi connectivity index (χ0) is 12.4. The number of halogens is 2. The van der Waals surface area contributed by atoms with Crippen LogP contribution in [0.1, 0.15) is 13.8 Å². The second-order valence-corrected chi connectivity index (χ2v) is 4.87. The lowest BCUT2D eigenvalue weighted by molar-refractivity contribution is 0.620. The van der Waals surface area contributed by atoms with E-state index in [-0.39, 0.29) is 11.9 Å². The molecule has 5 heteroatoms. The first-order chi connectivity index (χ1) is 8.08. The topological polar surface area (TPSA) is 29.9 Å². The molecule has 0 saturated heterocycles. The van der Waals surface area contributed by atoms with Gasteiger partial charge in [-0.3, -0.25) is 4.57 Å². The molecule has 0 radical (unpaired) electrons. The summed E-state index contributed by atoms with van der Waals surface area (Å²) in [6, 6.07) is 5.26. The number of benzene rings is 1. The third-order valence-electron chi connectivity index (χ3n) is 2.24. The lowest BCUT2D eigenvalue weighted by Crippen LogP contribution is -2.13. The monoisotopic (exact) mass is 297 g/mol. The summed E-state index contributed by atoms with van der Waals surface area (Å²) in [5, 5.41) is 3.20. The fraction of sp³-hybridized carbons (Fsp3) is 0.250. The quantitative estimate of drug-likeness (QED) is 0.938. The Balaban J connectivity index is 2.39. The molecule has 0 fully saturated rings. The number of imidazole rings is 1. The maximum atomic E-state index is 13.5. The summed E-state index contributed by atoms with van der Waals surface area (Å²) in [5.41, 5.74) is 0.742. The molecule has 1 aromatic carbocycles. The van der Waals surface area contributed by atoms with Gasteiger partial charge in [0.1, 0.15) is 5.82 Å². The van der Waals surface area contributed by atoms with Crippen LogP contribution in [-0.4, -0.2) is 15.6 Å². The molecule has 1 N–H and O–H groups in total. The minimum Gasteiger partial charge on any atom is -0.353 e. The number of nitrogens with one attached hydrogen (secondary N) is 1. The van der Waals surface area contributed by atoms with Crippen molar-refractivity contribution in [3.05, 3.63) is 40.9 Å². The van der Waals surface area contributed by atoms with Gasteiger partial charge in [0.25, 0.3) is 0 Å². The number of aromatic nitrogens is 2. The van der Waals surface area contributed by atoms with Gasteiger partial charge in [-0.2, -0.15) is 0 Å². The van der Waals surface area contributed by atoms with E-state index in [0.29, 0.717) is 10.4 Å². The number of anilines is 1. The predicted molar refractivity (Wildman–Crippen MR) is 70.0 cm³/mol. The lowest BCUT2D eigenvalue weighted by Gasteiger charge is -2.12. The summed E-state index contributed by atoms with van der Waals surface area (Å²) in [6.45, 7) is 4.06. The predicted octanol–water partition coefficient (Wildman–Crippen LogP) is 3.59. The number of hydrogen-bond donors (Lipinski definition) is 1. The standard InChI is InChI=1S/C12H13BrFN3/c1-8(2)16-12-15-5-6-17(12)9-3-4-10(13)11(14)7-9/h3-8H,1-2H3,(H,15,16). The molecule has 0 spiro atoms. The van der Waals surface area contributed by atoms with Crippen LogP contribution in [0, 0.1) is 5.82 Å². The highest BCUT2D eigenvalue weighted by atomic mass is 79.9. The van der Waals surface area contributed by atoms with Crippen molar-refractivity contribution in [1.29, 1.82) is 0 Å². The number of hydrogen-bond acceptors (Lipinski definition) is 2. The molecule has 0 bridgehead atoms. The van der Waals surface area contributed by atoms with Gasteiger partial charge in [-0.05, 0) is 48.0 Å². The SMILES string of the molecule is CC(C)Nc1nccn1-c1ccc(Br)c(F)c1. The van der Waals surface area contributed by atoms with Crippen molar-refractivity contribution in [1.82, 2.24) is 9.55 Å². The van der Waals surface area contributed by atoms with E-state index < -0.39 is 0 Å². The van der Waals surface area contributed by atoms with Gasteiger partial charge in [-0.1, -0.05) is 0 Å². The van der Waals surface area contributed by atoms with Crippen molar-refractivity contribution >= 4 is 21.9 Å². The van der Waals surface area contributed by atoms with E-state index in [1.54, 1.807) is 18.5 Å². The van der Waals surface area contributed by atoms with Crippen molar-refractivity contribution < 1.29 is 4.39 Å². The Morgan fingerprint density at radius 1 is 1.41 bits per heavy atom. The van der Waals surface area contributed by atoms with Crippen LogP contribution in [0.4, 0.5) is 10.3 Å². The smallest absolute Gasteiger partial charge is 0.207 e. The Hall–Kier alpha value is -1.36. The van der Waals surface area contributed by atoms with Gasteiger partial charge in [0.2, 0.25) is 5.95 Å². The first kappa shape index (κ1) is 12.1. The molecule has 0 aliphatic heterocycles. The molecule has 1 aromatic heterocycles. The number of nitrogens with zero attached hydrogens (tertiary/aromatic N) is 2. The minimum atomic E-state index is -0.285. The normalized spacial score (nSPS) is 10.9. The van der Waals surface area contributed by atoms with E-state index in [0.717, 1.165) is 5.69 Å². The van der Waals surface area contributed by atoms with Gasteiger partial charge in [-0.25, -0.2) is 9.37 Å². The molecule has 0 unspecified atom stereocenters. The highest BCUT2D eigenvalue weighted by Gasteiger charge is 2.07. The summed E-state index contributed by atoms with van der Waals surface area (Å²) >= 11 is 3.14. The molecule has 0 saturated carbocycles. The fourth-order valence-electron chi connectivity index (χ4n) is 1.51. The second kappa shape index (κ2) is 4.87. The van der Waals surface area contributed by atoms with E-state index in [2.05, 4.69) is 26.2 Å². The first-order valence-electron chi connectivity index (χ1n) is 5.33.